The average molecular weight is 590 g/mol. The van der Waals surface area contributed by atoms with Gasteiger partial charge in [-0.3, -0.25) is 9.59 Å². The number of benzene rings is 3. The van der Waals surface area contributed by atoms with Gasteiger partial charge < -0.3 is 15.1 Å². The van der Waals surface area contributed by atoms with Crippen LogP contribution in [-0.4, -0.2) is 42.9 Å². The van der Waals surface area contributed by atoms with Crippen molar-refractivity contribution in [3.63, 3.8) is 0 Å². The number of carbonyl (C=O) groups excluding carboxylic acids is 2. The molecular weight excluding hydrogens is 551 g/mol. The van der Waals surface area contributed by atoms with E-state index in [1.807, 2.05) is 35.2 Å². The Kier molecular flexibility index (Phi) is 9.65. The minimum Gasteiger partial charge on any atom is -0.352 e. The molecule has 3 aromatic rings. The van der Waals surface area contributed by atoms with Gasteiger partial charge in [-0.25, -0.2) is 0 Å². The summed E-state index contributed by atoms with van der Waals surface area (Å²) in [6, 6.07) is 23.0. The molecule has 5 nitrogen and oxygen atoms in total. The van der Waals surface area contributed by atoms with Crippen molar-refractivity contribution in [1.82, 2.24) is 10.2 Å². The maximum Gasteiger partial charge on any atom is 0.416 e. The summed E-state index contributed by atoms with van der Waals surface area (Å²) in [4.78, 5) is 29.9. The van der Waals surface area contributed by atoms with Crippen LogP contribution in [0.15, 0.2) is 84.9 Å². The number of rotatable bonds is 11. The molecule has 226 valence electrons. The summed E-state index contributed by atoms with van der Waals surface area (Å²) >= 11 is 0. The fraction of sp³-hybridized carbons (Fsp3) is 0.371. The highest BCUT2D eigenvalue weighted by atomic mass is 19.4. The first-order valence-corrected chi connectivity index (χ1v) is 15.0. The SMILES string of the molecule is O=C(CCCC(=O)N(CCCN1CCC2(C=Cc3ccccc32)CC1)c1ccccc1)NCc1ccc(C(F)(F)F)cc1. The number of fused-ring (bicyclic) bond motifs is 2. The number of hydrogen-bond acceptors (Lipinski definition) is 3. The van der Waals surface area contributed by atoms with Crippen LogP contribution in [0, 0.1) is 0 Å². The van der Waals surface area contributed by atoms with Crippen LogP contribution < -0.4 is 10.2 Å². The molecule has 1 fully saturated rings. The lowest BCUT2D eigenvalue weighted by molar-refractivity contribution is -0.137. The zero-order valence-electron chi connectivity index (χ0n) is 24.3. The van der Waals surface area contributed by atoms with Gasteiger partial charge in [-0.1, -0.05) is 66.7 Å². The Morgan fingerprint density at radius 3 is 2.28 bits per heavy atom. The topological polar surface area (TPSA) is 52.7 Å². The van der Waals surface area contributed by atoms with Gasteiger partial charge in [0.25, 0.3) is 0 Å². The molecule has 2 amide bonds. The molecule has 0 saturated carbocycles. The van der Waals surface area contributed by atoms with Crippen LogP contribution in [0.5, 0.6) is 0 Å². The second-order valence-electron chi connectivity index (χ2n) is 11.5. The minimum absolute atomic E-state index is 0.0213. The summed E-state index contributed by atoms with van der Waals surface area (Å²) in [5.41, 5.74) is 3.66. The third-order valence-corrected chi connectivity index (χ3v) is 8.62. The number of alkyl halides is 3. The molecule has 1 N–H and O–H groups in total. The molecule has 0 unspecified atom stereocenters. The Morgan fingerprint density at radius 1 is 0.860 bits per heavy atom. The lowest BCUT2D eigenvalue weighted by Crippen LogP contribution is -2.42. The van der Waals surface area contributed by atoms with E-state index in [9.17, 15) is 22.8 Å². The Morgan fingerprint density at radius 2 is 1.56 bits per heavy atom. The normalized spacial score (nSPS) is 15.8. The number of halogens is 3. The van der Waals surface area contributed by atoms with E-state index in [1.165, 1.54) is 23.3 Å². The maximum atomic E-state index is 13.3. The van der Waals surface area contributed by atoms with Gasteiger partial charge in [0.05, 0.1) is 5.56 Å². The molecule has 1 aliphatic carbocycles. The first kappa shape index (κ1) is 30.5. The third-order valence-electron chi connectivity index (χ3n) is 8.62. The van der Waals surface area contributed by atoms with Gasteiger partial charge in [0.15, 0.2) is 0 Å². The van der Waals surface area contributed by atoms with Gasteiger partial charge in [-0.15, -0.1) is 0 Å². The average Bonchev–Trinajstić information content (AvgIpc) is 3.37. The van der Waals surface area contributed by atoms with Crippen molar-refractivity contribution in [2.45, 2.75) is 56.7 Å². The smallest absolute Gasteiger partial charge is 0.352 e. The van der Waals surface area contributed by atoms with Crippen LogP contribution >= 0.6 is 0 Å². The number of piperidine rings is 1. The third kappa shape index (κ3) is 7.73. The molecule has 3 aromatic carbocycles. The van der Waals surface area contributed by atoms with Gasteiger partial charge in [0, 0.05) is 37.0 Å². The second kappa shape index (κ2) is 13.6. The Labute approximate surface area is 251 Å². The highest BCUT2D eigenvalue weighted by Crippen LogP contribution is 2.43. The zero-order valence-corrected chi connectivity index (χ0v) is 24.3. The summed E-state index contributed by atoms with van der Waals surface area (Å²) in [6.07, 6.45) is 4.11. The Bertz CT molecular complexity index is 1410. The number of carbonyl (C=O) groups is 2. The molecule has 1 heterocycles. The van der Waals surface area contributed by atoms with Crippen LogP contribution in [0.4, 0.5) is 18.9 Å². The highest BCUT2D eigenvalue weighted by molar-refractivity contribution is 5.93. The number of hydrogen-bond donors (Lipinski definition) is 1. The molecular formula is C35H38F3N3O2. The summed E-state index contributed by atoms with van der Waals surface area (Å²) < 4.78 is 38.2. The number of nitrogens with one attached hydrogen (secondary N) is 1. The fourth-order valence-electron chi connectivity index (χ4n) is 6.14. The number of amides is 2. The van der Waals surface area contributed by atoms with E-state index in [2.05, 4.69) is 46.6 Å². The zero-order chi connectivity index (χ0) is 30.3. The number of allylic oxidation sites excluding steroid dienone is 1. The van der Waals surface area contributed by atoms with E-state index in [-0.39, 0.29) is 36.6 Å². The minimum atomic E-state index is -4.39. The van der Waals surface area contributed by atoms with Crippen molar-refractivity contribution in [3.8, 4) is 0 Å². The van der Waals surface area contributed by atoms with Crippen molar-refractivity contribution in [2.75, 3.05) is 31.1 Å². The van der Waals surface area contributed by atoms with Crippen LogP contribution in [-0.2, 0) is 27.7 Å². The largest absolute Gasteiger partial charge is 0.416 e. The molecule has 8 heteroatoms. The first-order valence-electron chi connectivity index (χ1n) is 15.0. The predicted octanol–water partition coefficient (Wildman–Crippen LogP) is 6.98. The van der Waals surface area contributed by atoms with E-state index in [1.54, 1.807) is 0 Å². The Hall–Kier alpha value is -3.91. The molecule has 5 rings (SSSR count). The number of anilines is 1. The molecule has 0 radical (unpaired) electrons. The molecule has 1 aliphatic heterocycles. The first-order chi connectivity index (χ1) is 20.7. The van der Waals surface area contributed by atoms with Crippen molar-refractivity contribution in [3.05, 3.63) is 107 Å². The summed E-state index contributed by atoms with van der Waals surface area (Å²) in [6.45, 7) is 3.72. The van der Waals surface area contributed by atoms with Crippen molar-refractivity contribution in [1.29, 1.82) is 0 Å². The highest BCUT2D eigenvalue weighted by Gasteiger charge is 2.37. The monoisotopic (exact) mass is 589 g/mol. The van der Waals surface area contributed by atoms with E-state index in [0.29, 0.717) is 18.5 Å². The lowest BCUT2D eigenvalue weighted by atomic mass is 9.74. The lowest BCUT2D eigenvalue weighted by Gasteiger charge is -2.39. The van der Waals surface area contributed by atoms with Crippen LogP contribution in [0.25, 0.3) is 6.08 Å². The van der Waals surface area contributed by atoms with Crippen LogP contribution in [0.3, 0.4) is 0 Å². The number of likely N-dealkylation sites (tertiary alicyclic amines) is 1. The molecule has 2 aliphatic rings. The predicted molar refractivity (Wildman–Crippen MR) is 163 cm³/mol. The van der Waals surface area contributed by atoms with Gasteiger partial charge >= 0.3 is 6.18 Å². The van der Waals surface area contributed by atoms with Crippen molar-refractivity contribution in [2.24, 2.45) is 0 Å². The Balaban J connectivity index is 1.06. The van der Waals surface area contributed by atoms with Crippen molar-refractivity contribution >= 4 is 23.6 Å². The van der Waals surface area contributed by atoms with E-state index >= 15 is 0 Å². The van der Waals surface area contributed by atoms with E-state index in [0.717, 1.165) is 56.7 Å². The van der Waals surface area contributed by atoms with Crippen molar-refractivity contribution < 1.29 is 22.8 Å². The standard InChI is InChI=1S/C35H38F3N3O2/c36-35(37,38)29-16-14-27(15-17-29)26-39-32(42)12-6-13-33(43)41(30-9-2-1-3-10-30)23-7-22-40-24-20-34(21-25-40)19-18-28-8-4-5-11-31(28)34/h1-5,8-11,14-19H,6-7,12-13,20-26H2,(H,39,42). The maximum absolute atomic E-state index is 13.3. The molecule has 1 saturated heterocycles. The van der Waals surface area contributed by atoms with Gasteiger partial charge in [0.1, 0.15) is 0 Å². The van der Waals surface area contributed by atoms with Gasteiger partial charge in [-0.05, 0) is 86.3 Å². The second-order valence-corrected chi connectivity index (χ2v) is 11.5. The van der Waals surface area contributed by atoms with Gasteiger partial charge in [0.2, 0.25) is 11.8 Å². The molecule has 0 aromatic heterocycles. The molecule has 0 bridgehead atoms. The van der Waals surface area contributed by atoms with E-state index < -0.39 is 11.7 Å². The van der Waals surface area contributed by atoms with Crippen LogP contribution in [0.1, 0.15) is 60.8 Å². The summed E-state index contributed by atoms with van der Waals surface area (Å²) in [5.74, 6) is -0.256. The van der Waals surface area contributed by atoms with Crippen LogP contribution in [0.2, 0.25) is 0 Å². The summed E-state index contributed by atoms with van der Waals surface area (Å²) in [5, 5.41) is 2.73. The number of para-hydroxylation sites is 1. The quantitative estimate of drug-likeness (QED) is 0.263. The summed E-state index contributed by atoms with van der Waals surface area (Å²) in [7, 11) is 0. The molecule has 1 spiro atoms. The molecule has 0 atom stereocenters. The van der Waals surface area contributed by atoms with E-state index in [4.69, 9.17) is 0 Å². The van der Waals surface area contributed by atoms with Gasteiger partial charge in [-0.2, -0.15) is 13.2 Å². The number of nitrogens with zero attached hydrogens (tertiary/aromatic N) is 2. The fourth-order valence-corrected chi connectivity index (χ4v) is 6.14. The molecule has 43 heavy (non-hydrogen) atoms.